The van der Waals surface area contributed by atoms with Crippen LogP contribution < -0.4 is 0 Å². The largest absolute Gasteiger partial charge is 0.502 e. The molecule has 0 bridgehead atoms. The molecule has 6 nitrogen and oxygen atoms in total. The van der Waals surface area contributed by atoms with Crippen LogP contribution in [0.3, 0.4) is 0 Å². The first-order valence-corrected chi connectivity index (χ1v) is 4.71. The summed E-state index contributed by atoms with van der Waals surface area (Å²) >= 11 is 0. The maximum Gasteiger partial charge on any atom is 0.362 e. The molecule has 1 aliphatic rings. The summed E-state index contributed by atoms with van der Waals surface area (Å²) in [5.74, 6) is -3.01. The van der Waals surface area contributed by atoms with Crippen molar-refractivity contribution in [2.45, 2.75) is 6.92 Å². The molecule has 86 valence electrons. The highest BCUT2D eigenvalue weighted by Gasteiger charge is 2.40. The number of benzene rings is 1. The second-order valence-corrected chi connectivity index (χ2v) is 3.66. The predicted octanol–water partition coefficient (Wildman–Crippen LogP) is 1.26. The number of aliphatic hydroxyl groups excluding tert-OH is 1. The number of hydrogen-bond donors (Lipinski definition) is 1. The number of carbonyl (C=O) groups excluding carboxylic acids is 2. The lowest BCUT2D eigenvalue weighted by Gasteiger charge is -2.12. The van der Waals surface area contributed by atoms with E-state index in [4.69, 9.17) is 0 Å². The summed E-state index contributed by atoms with van der Waals surface area (Å²) in [5, 5.41) is 20.3. The Kier molecular flexibility index (Phi) is 2.27. The zero-order chi connectivity index (χ0) is 12.7. The number of nitrogens with zero attached hydrogens (tertiary/aromatic N) is 1. The third-order valence-corrected chi connectivity index (χ3v) is 2.50. The van der Waals surface area contributed by atoms with Gasteiger partial charge in [0.05, 0.1) is 4.92 Å². The van der Waals surface area contributed by atoms with Gasteiger partial charge in [-0.15, -0.1) is 0 Å². The first kappa shape index (κ1) is 11.0. The van der Waals surface area contributed by atoms with Crippen LogP contribution in [0.1, 0.15) is 21.5 Å². The van der Waals surface area contributed by atoms with E-state index < -0.39 is 27.9 Å². The molecule has 1 N–H and O–H groups in total. The van der Waals surface area contributed by atoms with Crippen LogP contribution in [0.4, 0.5) is 0 Å². The number of aryl methyl sites for hydroxylation is 1. The molecule has 2 rings (SSSR count). The van der Waals surface area contributed by atoms with Gasteiger partial charge in [-0.25, -0.2) is 0 Å². The number of nitro groups is 1. The van der Waals surface area contributed by atoms with Crippen molar-refractivity contribution >= 4 is 17.3 Å². The minimum absolute atomic E-state index is 0.0105. The summed E-state index contributed by atoms with van der Waals surface area (Å²) in [6.45, 7) is 1.71. The zero-order valence-corrected chi connectivity index (χ0v) is 8.76. The number of carbonyl (C=O) groups is 2. The smallest absolute Gasteiger partial charge is 0.362 e. The Balaban J connectivity index is 2.80. The molecule has 6 heteroatoms. The third kappa shape index (κ3) is 1.50. The monoisotopic (exact) mass is 233 g/mol. The topological polar surface area (TPSA) is 97.5 Å². The molecule has 1 aliphatic carbocycles. The minimum Gasteiger partial charge on any atom is -0.502 e. The van der Waals surface area contributed by atoms with E-state index in [1.807, 2.05) is 0 Å². The van der Waals surface area contributed by atoms with Gasteiger partial charge in [0.15, 0.2) is 0 Å². The maximum atomic E-state index is 11.6. The van der Waals surface area contributed by atoms with Crippen molar-refractivity contribution in [2.24, 2.45) is 0 Å². The Hall–Kier alpha value is -2.50. The van der Waals surface area contributed by atoms with Gasteiger partial charge in [-0.1, -0.05) is 11.6 Å². The van der Waals surface area contributed by atoms with E-state index in [-0.39, 0.29) is 11.1 Å². The van der Waals surface area contributed by atoms with Gasteiger partial charge >= 0.3 is 11.5 Å². The number of allylic oxidation sites excluding steroid dienone is 1. The molecular formula is C11H7NO5. The standard InChI is InChI=1S/C11H7NO5/c1-5-2-3-6-7(4-5)9(13)8(12(16)17)11(15)10(6)14/h2-4,13H,1H3. The van der Waals surface area contributed by atoms with Crippen molar-refractivity contribution in [3.8, 4) is 0 Å². The number of aliphatic hydroxyl groups is 1. The molecule has 0 aromatic heterocycles. The highest BCUT2D eigenvalue weighted by molar-refractivity contribution is 6.51. The normalized spacial score (nSPS) is 14.9. The molecule has 1 aromatic rings. The van der Waals surface area contributed by atoms with Crippen molar-refractivity contribution in [1.29, 1.82) is 0 Å². The van der Waals surface area contributed by atoms with E-state index in [0.29, 0.717) is 0 Å². The van der Waals surface area contributed by atoms with Gasteiger partial charge in [-0.3, -0.25) is 19.7 Å². The average molecular weight is 233 g/mol. The minimum atomic E-state index is -1.29. The van der Waals surface area contributed by atoms with Crippen LogP contribution in [0.5, 0.6) is 0 Å². The summed E-state index contributed by atoms with van der Waals surface area (Å²) in [6, 6.07) is 4.39. The van der Waals surface area contributed by atoms with Crippen molar-refractivity contribution in [2.75, 3.05) is 0 Å². The fourth-order valence-electron chi connectivity index (χ4n) is 1.69. The number of ketones is 2. The molecule has 0 heterocycles. The Bertz CT molecular complexity index is 600. The van der Waals surface area contributed by atoms with E-state index in [0.717, 1.165) is 5.56 Å². The highest BCUT2D eigenvalue weighted by atomic mass is 16.6. The van der Waals surface area contributed by atoms with Crippen LogP contribution in [0.15, 0.2) is 23.9 Å². The quantitative estimate of drug-likeness (QED) is 0.447. The number of fused-ring (bicyclic) bond motifs is 1. The van der Waals surface area contributed by atoms with Crippen LogP contribution in [-0.4, -0.2) is 21.6 Å². The van der Waals surface area contributed by atoms with Crippen molar-refractivity contribution in [1.82, 2.24) is 0 Å². The summed E-state index contributed by atoms with van der Waals surface area (Å²) in [6.07, 6.45) is 0. The molecule has 0 saturated heterocycles. The summed E-state index contributed by atoms with van der Waals surface area (Å²) in [7, 11) is 0. The lowest BCUT2D eigenvalue weighted by molar-refractivity contribution is -0.418. The lowest BCUT2D eigenvalue weighted by atomic mass is 9.90. The summed E-state index contributed by atoms with van der Waals surface area (Å²) < 4.78 is 0. The summed E-state index contributed by atoms with van der Waals surface area (Å²) in [5.41, 5.74) is -0.321. The Morgan fingerprint density at radius 2 is 1.82 bits per heavy atom. The van der Waals surface area contributed by atoms with Gasteiger partial charge in [0.25, 0.3) is 0 Å². The first-order valence-electron chi connectivity index (χ1n) is 4.71. The molecule has 0 spiro atoms. The van der Waals surface area contributed by atoms with Gasteiger partial charge < -0.3 is 5.11 Å². The first-order chi connectivity index (χ1) is 7.93. The van der Waals surface area contributed by atoms with Gasteiger partial charge in [0.1, 0.15) is 0 Å². The molecule has 0 saturated carbocycles. The van der Waals surface area contributed by atoms with Gasteiger partial charge in [-0.2, -0.15) is 0 Å². The number of Topliss-reactive ketones (excluding diaryl/α,β-unsaturated/α-hetero) is 2. The summed E-state index contributed by atoms with van der Waals surface area (Å²) in [4.78, 5) is 32.6. The second kappa shape index (κ2) is 3.51. The van der Waals surface area contributed by atoms with Crippen molar-refractivity contribution < 1.29 is 19.6 Å². The predicted molar refractivity (Wildman–Crippen MR) is 57.1 cm³/mol. The molecule has 0 unspecified atom stereocenters. The molecule has 1 aromatic carbocycles. The maximum absolute atomic E-state index is 11.6. The molecule has 0 amide bonds. The van der Waals surface area contributed by atoms with E-state index in [2.05, 4.69) is 0 Å². The van der Waals surface area contributed by atoms with Gasteiger partial charge in [0.2, 0.25) is 11.5 Å². The Morgan fingerprint density at radius 1 is 1.18 bits per heavy atom. The molecule has 0 fully saturated rings. The highest BCUT2D eigenvalue weighted by Crippen LogP contribution is 2.28. The fourth-order valence-corrected chi connectivity index (χ4v) is 1.69. The van der Waals surface area contributed by atoms with Crippen LogP contribution in [0, 0.1) is 17.0 Å². The second-order valence-electron chi connectivity index (χ2n) is 3.66. The van der Waals surface area contributed by atoms with E-state index in [9.17, 15) is 24.8 Å². The van der Waals surface area contributed by atoms with E-state index >= 15 is 0 Å². The molecule has 0 radical (unpaired) electrons. The number of rotatable bonds is 1. The van der Waals surface area contributed by atoms with Crippen LogP contribution in [-0.2, 0) is 4.79 Å². The van der Waals surface area contributed by atoms with Crippen molar-refractivity contribution in [3.63, 3.8) is 0 Å². The van der Waals surface area contributed by atoms with Crippen LogP contribution in [0.2, 0.25) is 0 Å². The molecule has 17 heavy (non-hydrogen) atoms. The van der Waals surface area contributed by atoms with Gasteiger partial charge in [-0.05, 0) is 19.1 Å². The van der Waals surface area contributed by atoms with E-state index in [1.54, 1.807) is 13.0 Å². The molecule has 0 aliphatic heterocycles. The number of hydrogen-bond acceptors (Lipinski definition) is 5. The molecular weight excluding hydrogens is 226 g/mol. The molecule has 0 atom stereocenters. The van der Waals surface area contributed by atoms with Crippen LogP contribution >= 0.6 is 0 Å². The van der Waals surface area contributed by atoms with Gasteiger partial charge in [0, 0.05) is 11.1 Å². The van der Waals surface area contributed by atoms with E-state index in [1.165, 1.54) is 12.1 Å². The van der Waals surface area contributed by atoms with Crippen molar-refractivity contribution in [3.05, 3.63) is 50.7 Å². The Morgan fingerprint density at radius 3 is 2.41 bits per heavy atom. The Labute approximate surface area is 95.3 Å². The zero-order valence-electron chi connectivity index (χ0n) is 8.76. The SMILES string of the molecule is Cc1ccc2c(c1)C(O)=C([N+](=O)[O-])C(=O)C2=O. The fraction of sp³-hybridized carbons (Fsp3) is 0.0909. The average Bonchev–Trinajstić information content (AvgIpc) is 2.26. The van der Waals surface area contributed by atoms with Crippen LogP contribution in [0.25, 0.3) is 5.76 Å². The lowest BCUT2D eigenvalue weighted by Crippen LogP contribution is -2.27. The third-order valence-electron chi connectivity index (χ3n) is 2.50.